The molecule has 16 heavy (non-hydrogen) atoms. The van der Waals surface area contributed by atoms with Crippen molar-refractivity contribution in [3.63, 3.8) is 0 Å². The maximum Gasteiger partial charge on any atom is 0.229 e. The van der Waals surface area contributed by atoms with Crippen LogP contribution in [-0.4, -0.2) is 17.9 Å². The van der Waals surface area contributed by atoms with E-state index in [1.807, 2.05) is 0 Å². The van der Waals surface area contributed by atoms with Gasteiger partial charge in [0.05, 0.1) is 12.8 Å². The zero-order valence-electron chi connectivity index (χ0n) is 8.86. The molecule has 0 atom stereocenters. The molecule has 0 aromatic carbocycles. The minimum atomic E-state index is -0.283. The molecule has 1 aromatic rings. The second-order valence-electron chi connectivity index (χ2n) is 3.87. The van der Waals surface area contributed by atoms with E-state index in [-0.39, 0.29) is 18.2 Å². The van der Waals surface area contributed by atoms with Gasteiger partial charge in [-0.1, -0.05) is 0 Å². The van der Waals surface area contributed by atoms with Gasteiger partial charge in [0.2, 0.25) is 11.8 Å². The Morgan fingerprint density at radius 2 is 2.19 bits per heavy atom. The summed E-state index contributed by atoms with van der Waals surface area (Å²) in [6, 6.07) is 3.82. The van der Waals surface area contributed by atoms with Crippen LogP contribution in [0.2, 0.25) is 0 Å². The summed E-state index contributed by atoms with van der Waals surface area (Å²) in [6.45, 7) is 0.322. The van der Waals surface area contributed by atoms with Gasteiger partial charge in [-0.05, 0) is 25.0 Å². The summed E-state index contributed by atoms with van der Waals surface area (Å²) >= 11 is 0. The van der Waals surface area contributed by atoms with Crippen molar-refractivity contribution in [2.24, 2.45) is 0 Å². The van der Waals surface area contributed by atoms with E-state index in [2.05, 4.69) is 10.6 Å². The van der Waals surface area contributed by atoms with Crippen LogP contribution in [0.25, 0.3) is 0 Å². The number of hydrogen-bond acceptors (Lipinski definition) is 3. The minimum absolute atomic E-state index is 0.114. The lowest BCUT2D eigenvalue weighted by Crippen LogP contribution is -2.32. The molecule has 86 valence electrons. The zero-order chi connectivity index (χ0) is 11.4. The molecule has 2 rings (SSSR count). The van der Waals surface area contributed by atoms with Crippen LogP contribution in [0.3, 0.4) is 0 Å². The van der Waals surface area contributed by atoms with Crippen molar-refractivity contribution in [3.8, 4) is 0 Å². The van der Waals surface area contributed by atoms with Gasteiger partial charge < -0.3 is 15.1 Å². The van der Waals surface area contributed by atoms with E-state index >= 15 is 0 Å². The van der Waals surface area contributed by atoms with Crippen molar-refractivity contribution in [2.75, 3.05) is 0 Å². The molecule has 0 spiro atoms. The molecule has 1 fully saturated rings. The van der Waals surface area contributed by atoms with Crippen molar-refractivity contribution < 1.29 is 14.0 Å². The SMILES string of the molecule is O=C(CC(=O)NC1CC1)NCc1ccco1. The Hall–Kier alpha value is -1.78. The molecule has 1 heterocycles. The molecular formula is C11H14N2O3. The van der Waals surface area contributed by atoms with Crippen LogP contribution in [0.5, 0.6) is 0 Å². The monoisotopic (exact) mass is 222 g/mol. The van der Waals surface area contributed by atoms with Crippen LogP contribution < -0.4 is 10.6 Å². The van der Waals surface area contributed by atoms with Crippen molar-refractivity contribution in [1.29, 1.82) is 0 Å². The molecule has 1 saturated carbocycles. The molecule has 2 amide bonds. The van der Waals surface area contributed by atoms with Gasteiger partial charge in [0.25, 0.3) is 0 Å². The van der Waals surface area contributed by atoms with E-state index in [1.165, 1.54) is 0 Å². The summed E-state index contributed by atoms with van der Waals surface area (Å²) < 4.78 is 5.05. The first kappa shape index (κ1) is 10.7. The molecule has 0 aliphatic heterocycles. The van der Waals surface area contributed by atoms with E-state index in [0.29, 0.717) is 18.3 Å². The van der Waals surface area contributed by atoms with Gasteiger partial charge in [0, 0.05) is 6.04 Å². The van der Waals surface area contributed by atoms with Crippen molar-refractivity contribution >= 4 is 11.8 Å². The quantitative estimate of drug-likeness (QED) is 0.715. The molecule has 0 unspecified atom stereocenters. The summed E-state index contributed by atoms with van der Waals surface area (Å²) in [5.41, 5.74) is 0. The van der Waals surface area contributed by atoms with Crippen LogP contribution in [0, 0.1) is 0 Å². The van der Waals surface area contributed by atoms with Gasteiger partial charge >= 0.3 is 0 Å². The summed E-state index contributed by atoms with van der Waals surface area (Å²) in [7, 11) is 0. The van der Waals surface area contributed by atoms with Gasteiger partial charge in [-0.25, -0.2) is 0 Å². The lowest BCUT2D eigenvalue weighted by molar-refractivity contribution is -0.129. The third kappa shape index (κ3) is 3.42. The Morgan fingerprint density at radius 3 is 2.81 bits per heavy atom. The fraction of sp³-hybridized carbons (Fsp3) is 0.455. The molecule has 5 nitrogen and oxygen atoms in total. The van der Waals surface area contributed by atoms with Crippen LogP contribution in [0.4, 0.5) is 0 Å². The standard InChI is InChI=1S/C11H14N2O3/c14-10(6-11(15)13-8-3-4-8)12-7-9-2-1-5-16-9/h1-2,5,8H,3-4,6-7H2,(H,12,14)(H,13,15). The number of hydrogen-bond donors (Lipinski definition) is 2. The van der Waals surface area contributed by atoms with E-state index < -0.39 is 0 Å². The molecule has 1 aliphatic carbocycles. The molecule has 1 aromatic heterocycles. The summed E-state index contributed by atoms with van der Waals surface area (Å²) in [4.78, 5) is 22.6. The number of nitrogens with one attached hydrogen (secondary N) is 2. The largest absolute Gasteiger partial charge is 0.467 e. The van der Waals surface area contributed by atoms with Crippen molar-refractivity contribution in [3.05, 3.63) is 24.2 Å². The van der Waals surface area contributed by atoms with Gasteiger partial charge in [-0.3, -0.25) is 9.59 Å². The Kier molecular flexibility index (Phi) is 3.24. The molecular weight excluding hydrogens is 208 g/mol. The van der Waals surface area contributed by atoms with E-state index in [0.717, 1.165) is 12.8 Å². The van der Waals surface area contributed by atoms with Gasteiger partial charge in [0.15, 0.2) is 0 Å². The highest BCUT2D eigenvalue weighted by Crippen LogP contribution is 2.18. The number of carbonyl (C=O) groups is 2. The van der Waals surface area contributed by atoms with E-state index in [4.69, 9.17) is 4.42 Å². The average Bonchev–Trinajstić information content (AvgIpc) is 2.89. The fourth-order valence-corrected chi connectivity index (χ4v) is 1.31. The highest BCUT2D eigenvalue weighted by Gasteiger charge is 2.23. The predicted octanol–water partition coefficient (Wildman–Crippen LogP) is 0.564. The lowest BCUT2D eigenvalue weighted by Gasteiger charge is -2.04. The topological polar surface area (TPSA) is 71.3 Å². The van der Waals surface area contributed by atoms with Crippen molar-refractivity contribution in [1.82, 2.24) is 10.6 Å². The Bertz CT molecular complexity index is 369. The molecule has 0 bridgehead atoms. The van der Waals surface area contributed by atoms with Crippen LogP contribution >= 0.6 is 0 Å². The number of carbonyl (C=O) groups excluding carboxylic acids is 2. The molecule has 5 heteroatoms. The molecule has 1 aliphatic rings. The maximum atomic E-state index is 11.3. The van der Waals surface area contributed by atoms with Crippen molar-refractivity contribution in [2.45, 2.75) is 31.8 Å². The lowest BCUT2D eigenvalue weighted by atomic mass is 10.3. The molecule has 0 radical (unpaired) electrons. The van der Waals surface area contributed by atoms with Gasteiger partial charge in [0.1, 0.15) is 12.2 Å². The molecule has 0 saturated heterocycles. The summed E-state index contributed by atoms with van der Waals surface area (Å²) in [5.74, 6) is 0.185. The fourth-order valence-electron chi connectivity index (χ4n) is 1.31. The summed E-state index contributed by atoms with van der Waals surface area (Å²) in [5, 5.41) is 5.37. The number of furan rings is 1. The second-order valence-corrected chi connectivity index (χ2v) is 3.87. The predicted molar refractivity (Wildman–Crippen MR) is 56.3 cm³/mol. The minimum Gasteiger partial charge on any atom is -0.467 e. The van der Waals surface area contributed by atoms with Crippen LogP contribution in [-0.2, 0) is 16.1 Å². The Labute approximate surface area is 93.2 Å². The maximum absolute atomic E-state index is 11.3. The van der Waals surface area contributed by atoms with E-state index in [1.54, 1.807) is 18.4 Å². The average molecular weight is 222 g/mol. The third-order valence-electron chi connectivity index (χ3n) is 2.30. The smallest absolute Gasteiger partial charge is 0.229 e. The summed E-state index contributed by atoms with van der Waals surface area (Å²) in [6.07, 6.45) is 3.48. The Balaban J connectivity index is 1.65. The van der Waals surface area contributed by atoms with Crippen LogP contribution in [0.1, 0.15) is 25.0 Å². The van der Waals surface area contributed by atoms with Crippen LogP contribution in [0.15, 0.2) is 22.8 Å². The first-order chi connectivity index (χ1) is 7.74. The van der Waals surface area contributed by atoms with Gasteiger partial charge in [-0.15, -0.1) is 0 Å². The number of rotatable bonds is 5. The highest BCUT2D eigenvalue weighted by atomic mass is 16.3. The Morgan fingerprint density at radius 1 is 1.38 bits per heavy atom. The normalized spacial score (nSPS) is 14.5. The van der Waals surface area contributed by atoms with Gasteiger partial charge in [-0.2, -0.15) is 0 Å². The van der Waals surface area contributed by atoms with E-state index in [9.17, 15) is 9.59 Å². The second kappa shape index (κ2) is 4.83. The third-order valence-corrected chi connectivity index (χ3v) is 2.30. The first-order valence-corrected chi connectivity index (χ1v) is 5.32. The number of amides is 2. The zero-order valence-corrected chi connectivity index (χ0v) is 8.86. The molecule has 2 N–H and O–H groups in total. The first-order valence-electron chi connectivity index (χ1n) is 5.32. The highest BCUT2D eigenvalue weighted by molar-refractivity contribution is 5.97.